The van der Waals surface area contributed by atoms with E-state index in [1.165, 1.54) is 16.0 Å². The summed E-state index contributed by atoms with van der Waals surface area (Å²) in [4.78, 5) is 29.4. The Morgan fingerprint density at radius 3 is 2.41 bits per heavy atom. The average molecular weight is 486 g/mol. The molecule has 1 aromatic rings. The van der Waals surface area contributed by atoms with Gasteiger partial charge < -0.3 is 15.5 Å². The number of hydrogen-bond acceptors (Lipinski definition) is 4. The number of allylic oxidation sites excluding steroid dienone is 2. The highest BCUT2D eigenvalue weighted by molar-refractivity contribution is 8.10. The number of carbonyl (C=O) groups is 2. The fourth-order valence-corrected chi connectivity index (χ4v) is 5.14. The predicted molar refractivity (Wildman–Crippen MR) is 145 cm³/mol. The van der Waals surface area contributed by atoms with Crippen molar-refractivity contribution in [2.45, 2.75) is 86.4 Å². The van der Waals surface area contributed by atoms with Gasteiger partial charge >= 0.3 is 0 Å². The van der Waals surface area contributed by atoms with E-state index in [1.54, 1.807) is 16.7 Å². The Labute approximate surface area is 210 Å². The summed E-state index contributed by atoms with van der Waals surface area (Å²) in [5, 5.41) is 8.53. The first-order valence-corrected chi connectivity index (χ1v) is 13.4. The molecule has 2 atom stereocenters. The van der Waals surface area contributed by atoms with Crippen molar-refractivity contribution in [2.24, 2.45) is 5.41 Å². The summed E-state index contributed by atoms with van der Waals surface area (Å²) in [6, 6.07) is 7.68. The number of nitrogens with one attached hydrogen (secondary N) is 2. The van der Waals surface area contributed by atoms with Crippen LogP contribution < -0.4 is 10.6 Å². The lowest BCUT2D eigenvalue weighted by atomic mass is 9.85. The molecule has 0 bridgehead atoms. The Balaban J connectivity index is 2.02. The van der Waals surface area contributed by atoms with Crippen molar-refractivity contribution in [3.8, 4) is 0 Å². The molecule has 1 heterocycles. The van der Waals surface area contributed by atoms with E-state index < -0.39 is 6.04 Å². The second-order valence-corrected chi connectivity index (χ2v) is 11.1. The Hall–Kier alpha value is -2.05. The van der Waals surface area contributed by atoms with Crippen molar-refractivity contribution in [1.29, 1.82) is 0 Å². The molecule has 1 aliphatic heterocycles. The zero-order valence-corrected chi connectivity index (χ0v) is 22.8. The molecule has 0 aromatic heterocycles. The van der Waals surface area contributed by atoms with E-state index in [0.29, 0.717) is 19.5 Å². The van der Waals surface area contributed by atoms with Gasteiger partial charge in [0.1, 0.15) is 6.04 Å². The first-order valence-electron chi connectivity index (χ1n) is 12.5. The molecule has 6 heteroatoms. The van der Waals surface area contributed by atoms with Crippen molar-refractivity contribution in [3.63, 3.8) is 0 Å². The minimum atomic E-state index is -0.394. The second kappa shape index (κ2) is 13.1. The van der Waals surface area contributed by atoms with Gasteiger partial charge in [0.25, 0.3) is 0 Å². The second-order valence-electron chi connectivity index (χ2n) is 10.2. The van der Waals surface area contributed by atoms with Crippen LogP contribution in [0.5, 0.6) is 0 Å². The Morgan fingerprint density at radius 2 is 1.85 bits per heavy atom. The van der Waals surface area contributed by atoms with Crippen LogP contribution in [0, 0.1) is 5.41 Å². The normalized spacial score (nSPS) is 17.1. The van der Waals surface area contributed by atoms with Crippen LogP contribution in [0.1, 0.15) is 78.9 Å². The monoisotopic (exact) mass is 485 g/mol. The molecule has 1 fully saturated rings. The average Bonchev–Trinajstić information content (AvgIpc) is 3.28. The van der Waals surface area contributed by atoms with Crippen LogP contribution in [0.15, 0.2) is 41.3 Å². The van der Waals surface area contributed by atoms with Crippen molar-refractivity contribution >= 4 is 28.5 Å². The van der Waals surface area contributed by atoms with Gasteiger partial charge in [-0.25, -0.2) is 0 Å². The molecule has 0 aliphatic carbocycles. The van der Waals surface area contributed by atoms with Gasteiger partial charge in [0.05, 0.1) is 6.04 Å². The predicted octanol–water partition coefficient (Wildman–Crippen LogP) is 5.73. The number of amides is 2. The lowest BCUT2D eigenvalue weighted by molar-refractivity contribution is -0.142. The largest absolute Gasteiger partial charge is 0.350 e. The first-order chi connectivity index (χ1) is 16.1. The van der Waals surface area contributed by atoms with Crippen molar-refractivity contribution in [2.75, 3.05) is 13.1 Å². The third-order valence-electron chi connectivity index (χ3n) is 6.01. The fourth-order valence-electron chi connectivity index (χ4n) is 4.20. The van der Waals surface area contributed by atoms with E-state index in [9.17, 15) is 9.59 Å². The fraction of sp³-hybridized carbons (Fsp3) is 0.571. The zero-order chi connectivity index (χ0) is 25.3. The number of likely N-dealkylation sites (N-methyl/N-ethyl adjacent to an activating group) is 1. The van der Waals surface area contributed by atoms with Crippen LogP contribution in [-0.4, -0.2) is 41.9 Å². The van der Waals surface area contributed by atoms with Crippen LogP contribution in [0.2, 0.25) is 0 Å². The van der Waals surface area contributed by atoms with Gasteiger partial charge in [0, 0.05) is 18.0 Å². The summed E-state index contributed by atoms with van der Waals surface area (Å²) in [6.07, 6.45) is 4.76. The molecule has 1 aromatic carbocycles. The van der Waals surface area contributed by atoms with Crippen LogP contribution in [0.3, 0.4) is 0 Å². The van der Waals surface area contributed by atoms with Crippen LogP contribution in [0.4, 0.5) is 0 Å². The SMILES string of the molecule is CC/C=C\SC(=C(C)C)c1ccc(CNC(=O)C2CCCN2C(=O)C(NCC)C(C)(C)C)cc1. The summed E-state index contributed by atoms with van der Waals surface area (Å²) in [6.45, 7) is 16.4. The quantitative estimate of drug-likeness (QED) is 0.445. The highest BCUT2D eigenvalue weighted by atomic mass is 32.2. The molecule has 0 saturated carbocycles. The summed E-state index contributed by atoms with van der Waals surface area (Å²) in [5.74, 6) is -0.0374. The molecule has 1 aliphatic rings. The number of likely N-dealkylation sites (tertiary alicyclic amines) is 1. The van der Waals surface area contributed by atoms with E-state index in [2.05, 4.69) is 87.9 Å². The van der Waals surface area contributed by atoms with E-state index >= 15 is 0 Å². The molecule has 0 spiro atoms. The molecule has 1 saturated heterocycles. The number of rotatable bonds is 10. The van der Waals surface area contributed by atoms with Gasteiger partial charge in [-0.3, -0.25) is 9.59 Å². The lowest BCUT2D eigenvalue weighted by Crippen LogP contribution is -2.56. The maximum absolute atomic E-state index is 13.3. The molecule has 5 nitrogen and oxygen atoms in total. The summed E-state index contributed by atoms with van der Waals surface area (Å²) in [5.41, 5.74) is 3.30. The maximum Gasteiger partial charge on any atom is 0.243 e. The highest BCUT2D eigenvalue weighted by Gasteiger charge is 2.40. The molecular formula is C28H43N3O2S. The van der Waals surface area contributed by atoms with Crippen LogP contribution in [0.25, 0.3) is 4.91 Å². The minimum absolute atomic E-state index is 0.0280. The number of carbonyl (C=O) groups excluding carboxylic acids is 2. The molecule has 2 unspecified atom stereocenters. The van der Waals surface area contributed by atoms with Gasteiger partial charge in [-0.15, -0.1) is 0 Å². The summed E-state index contributed by atoms with van der Waals surface area (Å²) in [7, 11) is 0. The lowest BCUT2D eigenvalue weighted by Gasteiger charge is -2.35. The summed E-state index contributed by atoms with van der Waals surface area (Å²) < 4.78 is 0. The molecule has 0 radical (unpaired) electrons. The third kappa shape index (κ3) is 7.74. The molecular weight excluding hydrogens is 442 g/mol. The van der Waals surface area contributed by atoms with E-state index in [4.69, 9.17) is 0 Å². The minimum Gasteiger partial charge on any atom is -0.350 e. The van der Waals surface area contributed by atoms with Gasteiger partial charge in [-0.2, -0.15) is 0 Å². The Bertz CT molecular complexity index is 880. The maximum atomic E-state index is 13.3. The van der Waals surface area contributed by atoms with Crippen molar-refractivity contribution in [3.05, 3.63) is 52.4 Å². The van der Waals surface area contributed by atoms with Crippen molar-refractivity contribution < 1.29 is 9.59 Å². The topological polar surface area (TPSA) is 61.4 Å². The Kier molecular flexibility index (Phi) is 10.9. The number of benzene rings is 1. The molecule has 2 N–H and O–H groups in total. The number of thioether (sulfide) groups is 1. The molecule has 2 amide bonds. The first kappa shape index (κ1) is 28.2. The van der Waals surface area contributed by atoms with Gasteiger partial charge in [-0.05, 0) is 61.6 Å². The molecule has 34 heavy (non-hydrogen) atoms. The molecule has 188 valence electrons. The standard InChI is InChI=1S/C28H43N3O2S/c1-8-10-18-34-24(20(3)4)22-15-13-21(14-16-22)19-30-26(32)23-12-11-17-31(23)27(33)25(29-9-2)28(5,6)7/h10,13-16,18,23,25,29H,8-9,11-12,17,19H2,1-7H3,(H,30,32)/b18-10-. The number of hydrogen-bond donors (Lipinski definition) is 2. The smallest absolute Gasteiger partial charge is 0.243 e. The summed E-state index contributed by atoms with van der Waals surface area (Å²) >= 11 is 1.75. The zero-order valence-electron chi connectivity index (χ0n) is 22.0. The van der Waals surface area contributed by atoms with Crippen LogP contribution in [-0.2, 0) is 16.1 Å². The number of nitrogens with zero attached hydrogens (tertiary/aromatic N) is 1. The molecule has 2 rings (SSSR count). The van der Waals surface area contributed by atoms with Crippen molar-refractivity contribution in [1.82, 2.24) is 15.5 Å². The van der Waals surface area contributed by atoms with Gasteiger partial charge in [0.15, 0.2) is 0 Å². The third-order valence-corrected chi connectivity index (χ3v) is 7.22. The van der Waals surface area contributed by atoms with Gasteiger partial charge in [0.2, 0.25) is 11.8 Å². The van der Waals surface area contributed by atoms with Gasteiger partial charge in [-0.1, -0.05) is 82.3 Å². The van der Waals surface area contributed by atoms with E-state index in [1.807, 2.05) is 6.92 Å². The van der Waals surface area contributed by atoms with E-state index in [0.717, 1.165) is 24.9 Å². The van der Waals surface area contributed by atoms with E-state index in [-0.39, 0.29) is 23.3 Å². The highest BCUT2D eigenvalue weighted by Crippen LogP contribution is 2.32. The van der Waals surface area contributed by atoms with Crippen LogP contribution >= 0.6 is 11.8 Å². The Morgan fingerprint density at radius 1 is 1.18 bits per heavy atom.